The first kappa shape index (κ1) is 19.0. The quantitative estimate of drug-likeness (QED) is 0.693. The van der Waals surface area contributed by atoms with Crippen LogP contribution in [0.5, 0.6) is 0 Å². The van der Waals surface area contributed by atoms with E-state index in [1.165, 1.54) is 12.1 Å². The molecular weight excluding hydrogens is 392 g/mol. The number of amides is 3. The van der Waals surface area contributed by atoms with Crippen LogP contribution in [-0.4, -0.2) is 58.7 Å². The summed E-state index contributed by atoms with van der Waals surface area (Å²) in [4.78, 5) is 43.2. The molecule has 4 rings (SSSR count). The molecule has 3 N–H and O–H groups in total. The zero-order valence-electron chi connectivity index (χ0n) is 15.5. The fraction of sp³-hybridized carbons (Fsp3) is 0.190. The zero-order valence-corrected chi connectivity index (χ0v) is 16.3. The number of carbonyl (C=O) groups excluding carboxylic acids is 3. The molecule has 1 fully saturated rings. The minimum atomic E-state index is -0.532. The van der Waals surface area contributed by atoms with E-state index < -0.39 is 5.91 Å². The van der Waals surface area contributed by atoms with E-state index in [9.17, 15) is 14.4 Å². The summed E-state index contributed by atoms with van der Waals surface area (Å²) >= 11 is 6.01. The lowest BCUT2D eigenvalue weighted by atomic mass is 10.1. The number of nitrogens with two attached hydrogens (primary N) is 1. The van der Waals surface area contributed by atoms with E-state index in [2.05, 4.69) is 4.98 Å². The van der Waals surface area contributed by atoms with Crippen molar-refractivity contribution >= 4 is 40.2 Å². The van der Waals surface area contributed by atoms with Crippen LogP contribution in [0.1, 0.15) is 31.2 Å². The SMILES string of the molecule is NC(=O)c1ccc(C(=O)N2CCN(C(=O)c3cc4cc(Cl)ccc4[nH]3)CC2)cc1. The number of halogens is 1. The highest BCUT2D eigenvalue weighted by Gasteiger charge is 2.26. The average molecular weight is 411 g/mol. The lowest BCUT2D eigenvalue weighted by molar-refractivity contribution is 0.0533. The first-order valence-electron chi connectivity index (χ1n) is 9.19. The normalized spacial score (nSPS) is 14.2. The van der Waals surface area contributed by atoms with Gasteiger partial charge in [0.15, 0.2) is 0 Å². The molecule has 1 saturated heterocycles. The lowest BCUT2D eigenvalue weighted by Crippen LogP contribution is -2.50. The van der Waals surface area contributed by atoms with Crippen molar-refractivity contribution in [3.8, 4) is 0 Å². The number of hydrogen-bond donors (Lipinski definition) is 2. The third-order valence-corrected chi connectivity index (χ3v) is 5.32. The van der Waals surface area contributed by atoms with Gasteiger partial charge in [0.2, 0.25) is 5.91 Å². The van der Waals surface area contributed by atoms with Gasteiger partial charge in [0, 0.05) is 53.2 Å². The molecule has 0 radical (unpaired) electrons. The number of aromatic nitrogens is 1. The van der Waals surface area contributed by atoms with Crippen molar-refractivity contribution in [2.75, 3.05) is 26.2 Å². The van der Waals surface area contributed by atoms with Crippen LogP contribution in [0.4, 0.5) is 0 Å². The van der Waals surface area contributed by atoms with Crippen LogP contribution in [0.25, 0.3) is 10.9 Å². The highest BCUT2D eigenvalue weighted by atomic mass is 35.5. The Bertz CT molecular complexity index is 1100. The Kier molecular flexibility index (Phi) is 4.98. The number of carbonyl (C=O) groups is 3. The third-order valence-electron chi connectivity index (χ3n) is 5.08. The smallest absolute Gasteiger partial charge is 0.270 e. The number of nitrogens with zero attached hydrogens (tertiary/aromatic N) is 2. The first-order valence-corrected chi connectivity index (χ1v) is 9.57. The Labute approximate surface area is 172 Å². The molecule has 3 aromatic rings. The molecule has 1 aliphatic rings. The molecule has 0 spiro atoms. The average Bonchev–Trinajstić information content (AvgIpc) is 3.16. The summed E-state index contributed by atoms with van der Waals surface area (Å²) in [6, 6.07) is 13.5. The number of hydrogen-bond acceptors (Lipinski definition) is 3. The van der Waals surface area contributed by atoms with Crippen molar-refractivity contribution in [1.29, 1.82) is 0 Å². The van der Waals surface area contributed by atoms with E-state index in [1.54, 1.807) is 34.1 Å². The Morgan fingerprint density at radius 2 is 1.41 bits per heavy atom. The van der Waals surface area contributed by atoms with E-state index in [4.69, 9.17) is 17.3 Å². The van der Waals surface area contributed by atoms with Crippen LogP contribution in [0.15, 0.2) is 48.5 Å². The summed E-state index contributed by atoms with van der Waals surface area (Å²) in [7, 11) is 0. The van der Waals surface area contributed by atoms with Gasteiger partial charge >= 0.3 is 0 Å². The summed E-state index contributed by atoms with van der Waals surface area (Å²) in [6.45, 7) is 1.77. The number of nitrogens with one attached hydrogen (secondary N) is 1. The summed E-state index contributed by atoms with van der Waals surface area (Å²) in [5, 5.41) is 1.50. The predicted molar refractivity (Wildman–Crippen MR) is 110 cm³/mol. The van der Waals surface area contributed by atoms with Gasteiger partial charge in [-0.2, -0.15) is 0 Å². The number of aromatic amines is 1. The first-order chi connectivity index (χ1) is 13.9. The number of rotatable bonds is 3. The summed E-state index contributed by atoms with van der Waals surface area (Å²) < 4.78 is 0. The van der Waals surface area contributed by atoms with Gasteiger partial charge in [-0.25, -0.2) is 0 Å². The molecule has 1 aromatic heterocycles. The Hall–Kier alpha value is -3.32. The largest absolute Gasteiger partial charge is 0.366 e. The van der Waals surface area contributed by atoms with E-state index in [-0.39, 0.29) is 11.8 Å². The van der Waals surface area contributed by atoms with Crippen molar-refractivity contribution in [3.05, 3.63) is 70.4 Å². The topological polar surface area (TPSA) is 99.5 Å². The van der Waals surface area contributed by atoms with Crippen LogP contribution in [0, 0.1) is 0 Å². The second-order valence-electron chi connectivity index (χ2n) is 6.94. The van der Waals surface area contributed by atoms with Gasteiger partial charge < -0.3 is 20.5 Å². The predicted octanol–water partition coefficient (Wildman–Crippen LogP) is 2.52. The fourth-order valence-electron chi connectivity index (χ4n) is 3.46. The molecule has 148 valence electrons. The monoisotopic (exact) mass is 410 g/mol. The molecule has 2 heterocycles. The molecule has 0 bridgehead atoms. The van der Waals surface area contributed by atoms with Gasteiger partial charge in [0.05, 0.1) is 0 Å². The van der Waals surface area contributed by atoms with Gasteiger partial charge in [-0.3, -0.25) is 14.4 Å². The maximum absolute atomic E-state index is 12.8. The Morgan fingerprint density at radius 3 is 2.03 bits per heavy atom. The van der Waals surface area contributed by atoms with E-state index in [1.807, 2.05) is 12.1 Å². The highest BCUT2D eigenvalue weighted by Crippen LogP contribution is 2.21. The van der Waals surface area contributed by atoms with Crippen molar-refractivity contribution in [2.24, 2.45) is 5.73 Å². The van der Waals surface area contributed by atoms with Gasteiger partial charge in [-0.1, -0.05) is 11.6 Å². The molecule has 0 saturated carbocycles. The maximum Gasteiger partial charge on any atom is 0.270 e. The lowest BCUT2D eigenvalue weighted by Gasteiger charge is -2.34. The summed E-state index contributed by atoms with van der Waals surface area (Å²) in [5.41, 5.74) is 7.43. The van der Waals surface area contributed by atoms with Crippen molar-refractivity contribution in [1.82, 2.24) is 14.8 Å². The van der Waals surface area contributed by atoms with E-state index in [0.29, 0.717) is 48.0 Å². The standard InChI is InChI=1S/C21H19ClN4O3/c22-16-5-6-17-15(11-16)12-18(24-17)21(29)26-9-7-25(8-10-26)20(28)14-3-1-13(2-4-14)19(23)27/h1-6,11-12,24H,7-10H2,(H2,23,27). The van der Waals surface area contributed by atoms with Crippen molar-refractivity contribution < 1.29 is 14.4 Å². The summed E-state index contributed by atoms with van der Waals surface area (Å²) in [6.07, 6.45) is 0. The molecule has 1 aliphatic heterocycles. The maximum atomic E-state index is 12.8. The molecule has 29 heavy (non-hydrogen) atoms. The number of piperazine rings is 1. The Morgan fingerprint density at radius 1 is 0.828 bits per heavy atom. The van der Waals surface area contributed by atoms with Gasteiger partial charge in [-0.05, 0) is 48.5 Å². The van der Waals surface area contributed by atoms with E-state index >= 15 is 0 Å². The number of benzene rings is 2. The number of primary amides is 1. The van der Waals surface area contributed by atoms with Gasteiger partial charge in [0.1, 0.15) is 5.69 Å². The van der Waals surface area contributed by atoms with Gasteiger partial charge in [-0.15, -0.1) is 0 Å². The van der Waals surface area contributed by atoms with Crippen LogP contribution < -0.4 is 5.73 Å². The molecular formula is C21H19ClN4O3. The summed E-state index contributed by atoms with van der Waals surface area (Å²) in [5.74, 6) is -0.765. The van der Waals surface area contributed by atoms with Crippen LogP contribution in [-0.2, 0) is 0 Å². The number of fused-ring (bicyclic) bond motifs is 1. The van der Waals surface area contributed by atoms with Crippen LogP contribution in [0.3, 0.4) is 0 Å². The third kappa shape index (κ3) is 3.82. The minimum Gasteiger partial charge on any atom is -0.366 e. The van der Waals surface area contributed by atoms with Crippen LogP contribution >= 0.6 is 11.6 Å². The highest BCUT2D eigenvalue weighted by molar-refractivity contribution is 6.31. The second kappa shape index (κ2) is 7.60. The Balaban J connectivity index is 1.41. The van der Waals surface area contributed by atoms with Crippen molar-refractivity contribution in [2.45, 2.75) is 0 Å². The van der Waals surface area contributed by atoms with Gasteiger partial charge in [0.25, 0.3) is 11.8 Å². The van der Waals surface area contributed by atoms with E-state index in [0.717, 1.165) is 10.9 Å². The zero-order chi connectivity index (χ0) is 20.5. The molecule has 2 aromatic carbocycles. The van der Waals surface area contributed by atoms with Crippen molar-refractivity contribution in [3.63, 3.8) is 0 Å². The molecule has 7 nitrogen and oxygen atoms in total. The fourth-order valence-corrected chi connectivity index (χ4v) is 3.64. The molecule has 3 amide bonds. The molecule has 0 atom stereocenters. The minimum absolute atomic E-state index is 0.102. The van der Waals surface area contributed by atoms with Crippen LogP contribution in [0.2, 0.25) is 5.02 Å². The molecule has 0 unspecified atom stereocenters. The number of H-pyrrole nitrogens is 1. The molecule has 8 heteroatoms. The second-order valence-corrected chi connectivity index (χ2v) is 7.38. The molecule has 0 aliphatic carbocycles.